The molecule has 1 aromatic rings. The maximum atomic E-state index is 8.66. The van der Waals surface area contributed by atoms with Crippen LogP contribution in [-0.2, 0) is 5.75 Å². The molecule has 0 aliphatic rings. The summed E-state index contributed by atoms with van der Waals surface area (Å²) in [7, 11) is 0. The van der Waals surface area contributed by atoms with Crippen LogP contribution in [0.5, 0.6) is 0 Å². The average Bonchev–Trinajstić information content (AvgIpc) is 2.19. The van der Waals surface area contributed by atoms with Crippen molar-refractivity contribution >= 4 is 11.8 Å². The molecule has 0 aromatic heterocycles. The minimum Gasteiger partial charge on any atom is -0.192 e. The Morgan fingerprint density at radius 3 is 3.08 bits per heavy atom. The fraction of sp³-hybridized carbons (Fsp3) is 0.182. The van der Waals surface area contributed by atoms with Crippen LogP contribution in [0.3, 0.4) is 0 Å². The lowest BCUT2D eigenvalue weighted by Gasteiger charge is -1.99. The smallest absolute Gasteiger partial charge is 0.0991 e. The first kappa shape index (κ1) is 9.88. The van der Waals surface area contributed by atoms with E-state index in [1.54, 1.807) is 11.8 Å². The van der Waals surface area contributed by atoms with Gasteiger partial charge in [0.15, 0.2) is 0 Å². The second-order valence-corrected chi connectivity index (χ2v) is 3.65. The minimum atomic E-state index is 0.733. The van der Waals surface area contributed by atoms with E-state index >= 15 is 0 Å². The third-order valence-electron chi connectivity index (χ3n) is 1.56. The van der Waals surface area contributed by atoms with Gasteiger partial charge in [-0.3, -0.25) is 0 Å². The molecule has 0 unspecified atom stereocenters. The summed E-state index contributed by atoms with van der Waals surface area (Å²) in [6.45, 7) is 3.65. The van der Waals surface area contributed by atoms with Crippen LogP contribution in [0, 0.1) is 11.3 Å². The second kappa shape index (κ2) is 5.45. The molecule has 0 saturated heterocycles. The summed E-state index contributed by atoms with van der Waals surface area (Å²) in [5, 5.41) is 8.66. The first-order chi connectivity index (χ1) is 6.36. The van der Waals surface area contributed by atoms with Gasteiger partial charge < -0.3 is 0 Å². The largest absolute Gasteiger partial charge is 0.192 e. The van der Waals surface area contributed by atoms with Gasteiger partial charge >= 0.3 is 0 Å². The normalized spacial score (nSPS) is 9.15. The van der Waals surface area contributed by atoms with E-state index in [0.29, 0.717) is 0 Å². The molecule has 0 heterocycles. The average molecular weight is 189 g/mol. The van der Waals surface area contributed by atoms with E-state index in [1.165, 1.54) is 5.56 Å². The van der Waals surface area contributed by atoms with Crippen LogP contribution in [-0.4, -0.2) is 5.75 Å². The Labute approximate surface area is 83.1 Å². The Hall–Kier alpha value is -1.20. The molecule has 0 aliphatic heterocycles. The monoisotopic (exact) mass is 189 g/mol. The third-order valence-corrected chi connectivity index (χ3v) is 2.57. The van der Waals surface area contributed by atoms with Crippen molar-refractivity contribution in [3.05, 3.63) is 48.0 Å². The van der Waals surface area contributed by atoms with E-state index in [1.807, 2.05) is 30.3 Å². The summed E-state index contributed by atoms with van der Waals surface area (Å²) in [6.07, 6.45) is 1.89. The Morgan fingerprint density at radius 2 is 2.38 bits per heavy atom. The van der Waals surface area contributed by atoms with E-state index in [4.69, 9.17) is 5.26 Å². The highest BCUT2D eigenvalue weighted by molar-refractivity contribution is 7.98. The molecule has 66 valence electrons. The summed E-state index contributed by atoms with van der Waals surface area (Å²) in [5.41, 5.74) is 1.93. The number of nitriles is 1. The van der Waals surface area contributed by atoms with E-state index in [-0.39, 0.29) is 0 Å². The van der Waals surface area contributed by atoms with Crippen LogP contribution in [0.4, 0.5) is 0 Å². The fourth-order valence-electron chi connectivity index (χ4n) is 0.991. The summed E-state index contributed by atoms with van der Waals surface area (Å²) >= 11 is 1.80. The zero-order valence-electron chi connectivity index (χ0n) is 7.36. The topological polar surface area (TPSA) is 23.8 Å². The van der Waals surface area contributed by atoms with Gasteiger partial charge in [-0.15, -0.1) is 6.58 Å². The molecule has 0 amide bonds. The minimum absolute atomic E-state index is 0.733. The third kappa shape index (κ3) is 3.35. The highest BCUT2D eigenvalue weighted by Gasteiger charge is 1.94. The molecule has 2 heteroatoms. The molecule has 1 aromatic carbocycles. The van der Waals surface area contributed by atoms with Crippen LogP contribution in [0.1, 0.15) is 11.1 Å². The Bertz CT molecular complexity index is 325. The first-order valence-corrected chi connectivity index (χ1v) is 5.20. The van der Waals surface area contributed by atoms with Crippen LogP contribution in [0.15, 0.2) is 36.9 Å². The van der Waals surface area contributed by atoms with Crippen LogP contribution >= 0.6 is 11.8 Å². The van der Waals surface area contributed by atoms with E-state index < -0.39 is 0 Å². The second-order valence-electron chi connectivity index (χ2n) is 2.62. The fourth-order valence-corrected chi connectivity index (χ4v) is 1.69. The van der Waals surface area contributed by atoms with Crippen molar-refractivity contribution in [3.63, 3.8) is 0 Å². The highest BCUT2D eigenvalue weighted by atomic mass is 32.2. The molecule has 0 N–H and O–H groups in total. The number of hydrogen-bond acceptors (Lipinski definition) is 2. The molecule has 0 saturated carbocycles. The van der Waals surface area contributed by atoms with Crippen LogP contribution < -0.4 is 0 Å². The van der Waals surface area contributed by atoms with Gasteiger partial charge in [0.2, 0.25) is 0 Å². The highest BCUT2D eigenvalue weighted by Crippen LogP contribution is 2.13. The molecule has 0 fully saturated rings. The van der Waals surface area contributed by atoms with E-state index in [0.717, 1.165) is 17.1 Å². The molecule has 1 nitrogen and oxygen atoms in total. The van der Waals surface area contributed by atoms with Gasteiger partial charge in [-0.1, -0.05) is 18.2 Å². The van der Waals surface area contributed by atoms with Gasteiger partial charge in [-0.05, 0) is 17.7 Å². The molecule has 0 radical (unpaired) electrons. The van der Waals surface area contributed by atoms with Crippen molar-refractivity contribution < 1.29 is 0 Å². The predicted molar refractivity (Wildman–Crippen MR) is 57.5 cm³/mol. The zero-order valence-corrected chi connectivity index (χ0v) is 8.18. The maximum Gasteiger partial charge on any atom is 0.0991 e. The van der Waals surface area contributed by atoms with Gasteiger partial charge in [0.05, 0.1) is 11.6 Å². The number of thioether (sulfide) groups is 1. The van der Waals surface area contributed by atoms with Crippen LogP contribution in [0.25, 0.3) is 0 Å². The van der Waals surface area contributed by atoms with Gasteiger partial charge in [0, 0.05) is 11.5 Å². The zero-order chi connectivity index (χ0) is 9.52. The quantitative estimate of drug-likeness (QED) is 0.537. The predicted octanol–water partition coefficient (Wildman–Crippen LogP) is 2.98. The molecule has 0 bridgehead atoms. The molecule has 0 spiro atoms. The Balaban J connectivity index is 2.57. The van der Waals surface area contributed by atoms with Crippen molar-refractivity contribution in [2.75, 3.05) is 5.75 Å². The number of hydrogen-bond donors (Lipinski definition) is 0. The van der Waals surface area contributed by atoms with Crippen molar-refractivity contribution in [1.29, 1.82) is 5.26 Å². The summed E-state index contributed by atoms with van der Waals surface area (Å²) in [5.74, 6) is 1.90. The Kier molecular flexibility index (Phi) is 4.14. The lowest BCUT2D eigenvalue weighted by molar-refractivity contribution is 1.38. The number of rotatable bonds is 4. The number of benzene rings is 1. The molecular weight excluding hydrogens is 178 g/mol. The van der Waals surface area contributed by atoms with Crippen molar-refractivity contribution in [2.45, 2.75) is 5.75 Å². The lowest BCUT2D eigenvalue weighted by atomic mass is 10.2. The van der Waals surface area contributed by atoms with Crippen molar-refractivity contribution in [2.24, 2.45) is 0 Å². The Morgan fingerprint density at radius 1 is 1.54 bits per heavy atom. The molecule has 0 aliphatic carbocycles. The molecular formula is C11H11NS. The van der Waals surface area contributed by atoms with Crippen molar-refractivity contribution in [1.82, 2.24) is 0 Å². The lowest BCUT2D eigenvalue weighted by Crippen LogP contribution is -1.82. The van der Waals surface area contributed by atoms with Crippen molar-refractivity contribution in [3.8, 4) is 6.07 Å². The standard InChI is InChI=1S/C11H11NS/c1-2-6-13-9-11-5-3-4-10(7-11)8-12/h2-5,7H,1,6,9H2. The summed E-state index contributed by atoms with van der Waals surface area (Å²) in [4.78, 5) is 0. The molecule has 1 rings (SSSR count). The van der Waals surface area contributed by atoms with E-state index in [2.05, 4.69) is 12.6 Å². The molecule has 0 atom stereocenters. The van der Waals surface area contributed by atoms with Gasteiger partial charge in [-0.25, -0.2) is 0 Å². The SMILES string of the molecule is C=CCSCc1cccc(C#N)c1. The van der Waals surface area contributed by atoms with Gasteiger partial charge in [0.1, 0.15) is 0 Å². The van der Waals surface area contributed by atoms with Gasteiger partial charge in [0.25, 0.3) is 0 Å². The molecule has 13 heavy (non-hydrogen) atoms. The van der Waals surface area contributed by atoms with Gasteiger partial charge in [-0.2, -0.15) is 17.0 Å². The summed E-state index contributed by atoms with van der Waals surface area (Å²) < 4.78 is 0. The number of nitrogens with zero attached hydrogens (tertiary/aromatic N) is 1. The summed E-state index contributed by atoms with van der Waals surface area (Å²) in [6, 6.07) is 9.83. The van der Waals surface area contributed by atoms with E-state index in [9.17, 15) is 0 Å². The maximum absolute atomic E-state index is 8.66. The van der Waals surface area contributed by atoms with Crippen LogP contribution in [0.2, 0.25) is 0 Å². The first-order valence-electron chi connectivity index (χ1n) is 4.04.